The van der Waals surface area contributed by atoms with Crippen LogP contribution in [0.4, 0.5) is 0 Å². The van der Waals surface area contributed by atoms with Crippen LogP contribution in [-0.4, -0.2) is 50.5 Å². The van der Waals surface area contributed by atoms with Crippen LogP contribution in [0.3, 0.4) is 0 Å². The number of rotatable bonds is 8. The summed E-state index contributed by atoms with van der Waals surface area (Å²) in [5.74, 6) is 0. The second kappa shape index (κ2) is 7.88. The first kappa shape index (κ1) is 16.4. The normalized spacial score (nSPS) is 17.2. The minimum Gasteiger partial charge on any atom is -0.381 e. The van der Waals surface area contributed by atoms with Gasteiger partial charge in [0.25, 0.3) is 0 Å². The molecular weight excluding hydrogens is 292 g/mol. The van der Waals surface area contributed by atoms with Crippen molar-refractivity contribution in [1.29, 1.82) is 0 Å². The maximum absolute atomic E-state index is 12.3. The maximum Gasteiger partial charge on any atom is 0.243 e. The van der Waals surface area contributed by atoms with E-state index in [2.05, 4.69) is 22.1 Å². The molecule has 1 aromatic rings. The zero-order valence-electron chi connectivity index (χ0n) is 12.4. The number of hydrogen-bond donors (Lipinski definition) is 2. The van der Waals surface area contributed by atoms with E-state index in [1.54, 1.807) is 10.9 Å². The maximum atomic E-state index is 12.3. The Hall–Kier alpha value is -0.960. The summed E-state index contributed by atoms with van der Waals surface area (Å²) in [6.45, 7) is 5.71. The van der Waals surface area contributed by atoms with Crippen LogP contribution in [0.1, 0.15) is 26.2 Å². The SMILES string of the molecule is CCCNCCn1cc(S(=O)(=O)NC2CCOCC2)cn1. The van der Waals surface area contributed by atoms with Gasteiger partial charge in [0, 0.05) is 32.0 Å². The third-order valence-corrected chi connectivity index (χ3v) is 4.88. The Bertz CT molecular complexity index is 523. The standard InChI is InChI=1S/C13H24N4O3S/c1-2-5-14-6-7-17-11-13(10-15-17)21(18,19)16-12-3-8-20-9-4-12/h10-12,14,16H,2-9H2,1H3. The summed E-state index contributed by atoms with van der Waals surface area (Å²) in [5, 5.41) is 7.36. The minimum absolute atomic E-state index is 0.0432. The Morgan fingerprint density at radius 3 is 2.86 bits per heavy atom. The number of hydrogen-bond acceptors (Lipinski definition) is 5. The number of ether oxygens (including phenoxy) is 1. The molecule has 1 aliphatic heterocycles. The fourth-order valence-electron chi connectivity index (χ4n) is 2.20. The summed E-state index contributed by atoms with van der Waals surface area (Å²) in [4.78, 5) is 0.226. The Kier molecular flexibility index (Phi) is 6.16. The van der Waals surface area contributed by atoms with Gasteiger partial charge in [-0.1, -0.05) is 6.92 Å². The molecule has 2 heterocycles. The average molecular weight is 316 g/mol. The summed E-state index contributed by atoms with van der Waals surface area (Å²) < 4.78 is 34.1. The first-order valence-electron chi connectivity index (χ1n) is 7.45. The average Bonchev–Trinajstić information content (AvgIpc) is 2.94. The predicted molar refractivity (Wildman–Crippen MR) is 79.6 cm³/mol. The number of sulfonamides is 1. The van der Waals surface area contributed by atoms with Gasteiger partial charge in [-0.3, -0.25) is 4.68 Å². The zero-order valence-corrected chi connectivity index (χ0v) is 13.2. The van der Waals surface area contributed by atoms with Gasteiger partial charge in [-0.2, -0.15) is 5.10 Å². The third-order valence-electron chi connectivity index (χ3n) is 3.41. The van der Waals surface area contributed by atoms with Crippen LogP contribution >= 0.6 is 0 Å². The molecule has 1 aliphatic rings. The second-order valence-corrected chi connectivity index (χ2v) is 6.91. The van der Waals surface area contributed by atoms with Crippen molar-refractivity contribution in [1.82, 2.24) is 19.8 Å². The van der Waals surface area contributed by atoms with Gasteiger partial charge in [-0.25, -0.2) is 13.1 Å². The molecule has 0 aromatic carbocycles. The molecule has 0 aliphatic carbocycles. The Morgan fingerprint density at radius 2 is 2.14 bits per heavy atom. The van der Waals surface area contributed by atoms with E-state index >= 15 is 0 Å². The van der Waals surface area contributed by atoms with Gasteiger partial charge in [0.1, 0.15) is 4.90 Å². The molecule has 7 nitrogen and oxygen atoms in total. The predicted octanol–water partition coefficient (Wildman–Crippen LogP) is 0.340. The van der Waals surface area contributed by atoms with Crippen LogP contribution in [0.15, 0.2) is 17.3 Å². The van der Waals surface area contributed by atoms with Crippen molar-refractivity contribution in [3.63, 3.8) is 0 Å². The molecule has 21 heavy (non-hydrogen) atoms. The highest BCUT2D eigenvalue weighted by Crippen LogP contribution is 2.12. The van der Waals surface area contributed by atoms with Gasteiger partial charge in [0.05, 0.1) is 12.7 Å². The first-order valence-corrected chi connectivity index (χ1v) is 8.93. The van der Waals surface area contributed by atoms with E-state index in [0.29, 0.717) is 32.6 Å². The van der Waals surface area contributed by atoms with E-state index in [1.165, 1.54) is 6.20 Å². The topological polar surface area (TPSA) is 85.2 Å². The first-order chi connectivity index (χ1) is 10.1. The van der Waals surface area contributed by atoms with Gasteiger partial charge < -0.3 is 10.1 Å². The Morgan fingerprint density at radius 1 is 1.38 bits per heavy atom. The van der Waals surface area contributed by atoms with Crippen LogP contribution in [-0.2, 0) is 21.3 Å². The molecular formula is C13H24N4O3S. The lowest BCUT2D eigenvalue weighted by Gasteiger charge is -2.22. The van der Waals surface area contributed by atoms with Crippen molar-refractivity contribution in [2.45, 2.75) is 43.7 Å². The highest BCUT2D eigenvalue weighted by molar-refractivity contribution is 7.89. The molecule has 0 unspecified atom stereocenters. The lowest BCUT2D eigenvalue weighted by Crippen LogP contribution is -2.38. The van der Waals surface area contributed by atoms with Gasteiger partial charge in [-0.15, -0.1) is 0 Å². The largest absolute Gasteiger partial charge is 0.381 e. The van der Waals surface area contributed by atoms with E-state index in [1.807, 2.05) is 0 Å². The highest BCUT2D eigenvalue weighted by atomic mass is 32.2. The molecule has 120 valence electrons. The van der Waals surface area contributed by atoms with E-state index < -0.39 is 10.0 Å². The van der Waals surface area contributed by atoms with Crippen LogP contribution in [0.5, 0.6) is 0 Å². The van der Waals surface area contributed by atoms with Gasteiger partial charge >= 0.3 is 0 Å². The van der Waals surface area contributed by atoms with Gasteiger partial charge in [0.2, 0.25) is 10.0 Å². The number of nitrogens with one attached hydrogen (secondary N) is 2. The summed E-state index contributed by atoms with van der Waals surface area (Å²) in [5.41, 5.74) is 0. The lowest BCUT2D eigenvalue weighted by atomic mass is 10.1. The fourth-order valence-corrected chi connectivity index (χ4v) is 3.46. The summed E-state index contributed by atoms with van der Waals surface area (Å²) >= 11 is 0. The molecule has 1 fully saturated rings. The van der Waals surface area contributed by atoms with Crippen molar-refractivity contribution >= 4 is 10.0 Å². The summed E-state index contributed by atoms with van der Waals surface area (Å²) in [7, 11) is -3.48. The second-order valence-electron chi connectivity index (χ2n) is 5.20. The molecule has 2 N–H and O–H groups in total. The van der Waals surface area contributed by atoms with E-state index in [0.717, 1.165) is 19.5 Å². The molecule has 0 radical (unpaired) electrons. The Balaban J connectivity index is 1.89. The number of nitrogens with zero attached hydrogens (tertiary/aromatic N) is 2. The molecule has 1 saturated heterocycles. The highest BCUT2D eigenvalue weighted by Gasteiger charge is 2.23. The molecule has 0 saturated carbocycles. The molecule has 8 heteroatoms. The van der Waals surface area contributed by atoms with E-state index in [4.69, 9.17) is 4.74 Å². The third kappa shape index (κ3) is 5.06. The molecule has 0 bridgehead atoms. The minimum atomic E-state index is -3.48. The monoisotopic (exact) mass is 316 g/mol. The Labute approximate surface area is 126 Å². The molecule has 0 amide bonds. The van der Waals surface area contributed by atoms with Crippen molar-refractivity contribution in [2.24, 2.45) is 0 Å². The van der Waals surface area contributed by atoms with Crippen molar-refractivity contribution < 1.29 is 13.2 Å². The van der Waals surface area contributed by atoms with Crippen molar-refractivity contribution in [3.8, 4) is 0 Å². The van der Waals surface area contributed by atoms with E-state index in [9.17, 15) is 8.42 Å². The van der Waals surface area contributed by atoms with Crippen LogP contribution < -0.4 is 10.0 Å². The summed E-state index contributed by atoms with van der Waals surface area (Å²) in [6, 6.07) is -0.0432. The lowest BCUT2D eigenvalue weighted by molar-refractivity contribution is 0.0832. The van der Waals surface area contributed by atoms with Crippen molar-refractivity contribution in [3.05, 3.63) is 12.4 Å². The molecule has 0 spiro atoms. The zero-order chi connectivity index (χ0) is 15.1. The van der Waals surface area contributed by atoms with Crippen LogP contribution in [0.25, 0.3) is 0 Å². The molecule has 2 rings (SSSR count). The van der Waals surface area contributed by atoms with Gasteiger partial charge in [-0.05, 0) is 25.8 Å². The van der Waals surface area contributed by atoms with Crippen LogP contribution in [0.2, 0.25) is 0 Å². The molecule has 0 atom stereocenters. The van der Waals surface area contributed by atoms with Crippen molar-refractivity contribution in [2.75, 3.05) is 26.3 Å². The number of aromatic nitrogens is 2. The smallest absolute Gasteiger partial charge is 0.243 e. The molecule has 1 aromatic heterocycles. The quantitative estimate of drug-likeness (QED) is 0.676. The van der Waals surface area contributed by atoms with Crippen LogP contribution in [0, 0.1) is 0 Å². The van der Waals surface area contributed by atoms with E-state index in [-0.39, 0.29) is 10.9 Å². The fraction of sp³-hybridized carbons (Fsp3) is 0.769. The van der Waals surface area contributed by atoms with Gasteiger partial charge in [0.15, 0.2) is 0 Å². The summed E-state index contributed by atoms with van der Waals surface area (Å²) in [6.07, 6.45) is 5.49.